The molecule has 0 N–H and O–H groups in total. The highest BCUT2D eigenvalue weighted by Gasteiger charge is 2.37. The van der Waals surface area contributed by atoms with Crippen LogP contribution in [0.3, 0.4) is 0 Å². The number of fused-ring (bicyclic) bond motifs is 1. The Bertz CT molecular complexity index is 1040. The number of pyridine rings is 1. The average Bonchev–Trinajstić information content (AvgIpc) is 3.13. The third-order valence-electron chi connectivity index (χ3n) is 5.15. The summed E-state index contributed by atoms with van der Waals surface area (Å²) in [4.78, 5) is 33.2. The number of nitrogens with zero attached hydrogens (tertiary/aromatic N) is 3. The van der Waals surface area contributed by atoms with Crippen LogP contribution >= 0.6 is 0 Å². The molecule has 28 heavy (non-hydrogen) atoms. The van der Waals surface area contributed by atoms with Gasteiger partial charge in [-0.15, -0.1) is 0 Å². The SMILES string of the molecule is COc1cccnc1N(C)C(=O)[C@H]1CC(=O)N(c2cccc3ccccc23)C1. The summed E-state index contributed by atoms with van der Waals surface area (Å²) in [5.41, 5.74) is 0.844. The lowest BCUT2D eigenvalue weighted by Crippen LogP contribution is -2.35. The number of rotatable bonds is 4. The molecule has 1 atom stereocenters. The van der Waals surface area contributed by atoms with Crippen molar-refractivity contribution in [2.45, 2.75) is 6.42 Å². The maximum atomic E-state index is 13.1. The quantitative estimate of drug-likeness (QED) is 0.702. The van der Waals surface area contributed by atoms with E-state index in [9.17, 15) is 9.59 Å². The largest absolute Gasteiger partial charge is 0.493 e. The number of amides is 2. The van der Waals surface area contributed by atoms with Gasteiger partial charge in [0.05, 0.1) is 18.7 Å². The van der Waals surface area contributed by atoms with Crippen molar-refractivity contribution in [2.24, 2.45) is 5.92 Å². The van der Waals surface area contributed by atoms with Crippen molar-refractivity contribution in [3.63, 3.8) is 0 Å². The van der Waals surface area contributed by atoms with Crippen molar-refractivity contribution in [3.8, 4) is 5.75 Å². The third kappa shape index (κ3) is 3.07. The van der Waals surface area contributed by atoms with Crippen molar-refractivity contribution in [3.05, 3.63) is 60.8 Å². The molecular weight excluding hydrogens is 354 g/mol. The minimum Gasteiger partial charge on any atom is -0.493 e. The standard InChI is InChI=1S/C22H21N3O3/c1-24(21-19(28-2)11-6-12-23-21)22(27)16-13-20(26)25(14-16)18-10-5-8-15-7-3-4-9-17(15)18/h3-12,16H,13-14H2,1-2H3/t16-/m0/s1. The molecule has 0 saturated carbocycles. The number of methoxy groups -OCH3 is 1. The predicted molar refractivity (Wildman–Crippen MR) is 109 cm³/mol. The minimum atomic E-state index is -0.428. The molecule has 2 amide bonds. The van der Waals surface area contributed by atoms with Crippen LogP contribution in [0.5, 0.6) is 5.75 Å². The first-order chi connectivity index (χ1) is 13.6. The van der Waals surface area contributed by atoms with Gasteiger partial charge < -0.3 is 9.64 Å². The molecule has 0 radical (unpaired) electrons. The molecule has 0 aliphatic carbocycles. The van der Waals surface area contributed by atoms with Gasteiger partial charge in [-0.1, -0.05) is 36.4 Å². The minimum absolute atomic E-state index is 0.0453. The Labute approximate surface area is 163 Å². The third-order valence-corrected chi connectivity index (χ3v) is 5.15. The number of benzene rings is 2. The Balaban J connectivity index is 1.60. The second-order valence-corrected chi connectivity index (χ2v) is 6.83. The van der Waals surface area contributed by atoms with E-state index in [4.69, 9.17) is 4.74 Å². The zero-order chi connectivity index (χ0) is 19.7. The molecule has 6 heteroatoms. The molecule has 3 aromatic rings. The molecule has 2 heterocycles. The molecule has 142 valence electrons. The number of anilines is 2. The molecular formula is C22H21N3O3. The highest BCUT2D eigenvalue weighted by molar-refractivity contribution is 6.08. The summed E-state index contributed by atoms with van der Waals surface area (Å²) < 4.78 is 5.31. The molecule has 0 spiro atoms. The number of carbonyl (C=O) groups is 2. The maximum Gasteiger partial charge on any atom is 0.233 e. The lowest BCUT2D eigenvalue weighted by atomic mass is 10.1. The topological polar surface area (TPSA) is 62.7 Å². The summed E-state index contributed by atoms with van der Waals surface area (Å²) in [7, 11) is 3.21. The number of carbonyl (C=O) groups excluding carboxylic acids is 2. The Hall–Kier alpha value is -3.41. The van der Waals surface area contributed by atoms with Crippen LogP contribution < -0.4 is 14.5 Å². The van der Waals surface area contributed by atoms with E-state index in [-0.39, 0.29) is 18.2 Å². The Morgan fingerprint density at radius 3 is 2.75 bits per heavy atom. The zero-order valence-electron chi connectivity index (χ0n) is 15.8. The number of aromatic nitrogens is 1. The monoisotopic (exact) mass is 375 g/mol. The molecule has 0 bridgehead atoms. The van der Waals surface area contributed by atoms with Crippen LogP contribution in [0, 0.1) is 5.92 Å². The molecule has 1 aliphatic rings. The van der Waals surface area contributed by atoms with E-state index in [1.54, 1.807) is 37.4 Å². The second kappa shape index (κ2) is 7.31. The molecule has 2 aromatic carbocycles. The summed E-state index contributed by atoms with van der Waals surface area (Å²) in [6.45, 7) is 0.352. The lowest BCUT2D eigenvalue weighted by Gasteiger charge is -2.22. The molecule has 1 aliphatic heterocycles. The highest BCUT2D eigenvalue weighted by Crippen LogP contribution is 2.33. The van der Waals surface area contributed by atoms with Crippen LogP contribution in [-0.2, 0) is 9.59 Å². The first kappa shape index (κ1) is 18.0. The van der Waals surface area contributed by atoms with E-state index < -0.39 is 5.92 Å². The zero-order valence-corrected chi connectivity index (χ0v) is 15.8. The molecule has 1 aromatic heterocycles. The molecule has 1 fully saturated rings. The Kier molecular flexibility index (Phi) is 4.69. The van der Waals surface area contributed by atoms with Crippen LogP contribution in [-0.4, -0.2) is 37.5 Å². The first-order valence-electron chi connectivity index (χ1n) is 9.15. The molecule has 6 nitrogen and oxygen atoms in total. The van der Waals surface area contributed by atoms with Crippen LogP contribution in [0.25, 0.3) is 10.8 Å². The van der Waals surface area contributed by atoms with Gasteiger partial charge in [0, 0.05) is 31.6 Å². The van der Waals surface area contributed by atoms with Crippen LogP contribution in [0.15, 0.2) is 60.8 Å². The van der Waals surface area contributed by atoms with Gasteiger partial charge in [-0.2, -0.15) is 0 Å². The van der Waals surface area contributed by atoms with Gasteiger partial charge in [0.25, 0.3) is 0 Å². The lowest BCUT2D eigenvalue weighted by molar-refractivity contribution is -0.124. The molecule has 1 saturated heterocycles. The van der Waals surface area contributed by atoms with E-state index in [2.05, 4.69) is 4.98 Å². The van der Waals surface area contributed by atoms with E-state index >= 15 is 0 Å². The van der Waals surface area contributed by atoms with Gasteiger partial charge in [-0.25, -0.2) is 4.98 Å². The highest BCUT2D eigenvalue weighted by atomic mass is 16.5. The van der Waals surface area contributed by atoms with Gasteiger partial charge in [0.15, 0.2) is 11.6 Å². The van der Waals surface area contributed by atoms with Gasteiger partial charge in [-0.3, -0.25) is 14.5 Å². The van der Waals surface area contributed by atoms with Crippen LogP contribution in [0.1, 0.15) is 6.42 Å². The van der Waals surface area contributed by atoms with Crippen molar-refractivity contribution in [1.29, 1.82) is 0 Å². The van der Waals surface area contributed by atoms with Gasteiger partial charge in [0.2, 0.25) is 11.8 Å². The first-order valence-corrected chi connectivity index (χ1v) is 9.15. The fourth-order valence-electron chi connectivity index (χ4n) is 3.72. The van der Waals surface area contributed by atoms with E-state index in [0.29, 0.717) is 18.1 Å². The van der Waals surface area contributed by atoms with Crippen molar-refractivity contribution in [1.82, 2.24) is 4.98 Å². The van der Waals surface area contributed by atoms with Gasteiger partial charge in [-0.05, 0) is 23.6 Å². The van der Waals surface area contributed by atoms with E-state index in [1.807, 2.05) is 42.5 Å². The van der Waals surface area contributed by atoms with Crippen LogP contribution in [0.4, 0.5) is 11.5 Å². The summed E-state index contributed by atoms with van der Waals surface area (Å²) in [5, 5.41) is 2.07. The number of hydrogen-bond donors (Lipinski definition) is 0. The second-order valence-electron chi connectivity index (χ2n) is 6.83. The van der Waals surface area contributed by atoms with Crippen LogP contribution in [0.2, 0.25) is 0 Å². The smallest absolute Gasteiger partial charge is 0.233 e. The summed E-state index contributed by atoms with van der Waals surface area (Å²) >= 11 is 0. The summed E-state index contributed by atoms with van der Waals surface area (Å²) in [6.07, 6.45) is 1.80. The summed E-state index contributed by atoms with van der Waals surface area (Å²) in [5.74, 6) is 0.354. The normalized spacial score (nSPS) is 16.4. The van der Waals surface area contributed by atoms with Crippen molar-refractivity contribution >= 4 is 34.1 Å². The van der Waals surface area contributed by atoms with E-state index in [0.717, 1.165) is 16.5 Å². The predicted octanol–water partition coefficient (Wildman–Crippen LogP) is 3.26. The Morgan fingerprint density at radius 2 is 1.93 bits per heavy atom. The average molecular weight is 375 g/mol. The van der Waals surface area contributed by atoms with Gasteiger partial charge in [0.1, 0.15) is 0 Å². The fourth-order valence-corrected chi connectivity index (χ4v) is 3.72. The molecule has 0 unspecified atom stereocenters. The van der Waals surface area contributed by atoms with Gasteiger partial charge >= 0.3 is 0 Å². The maximum absolute atomic E-state index is 13.1. The molecule has 4 rings (SSSR count). The summed E-state index contributed by atoms with van der Waals surface area (Å²) in [6, 6.07) is 17.3. The fraction of sp³-hybridized carbons (Fsp3) is 0.227. The van der Waals surface area contributed by atoms with Crippen molar-refractivity contribution in [2.75, 3.05) is 30.5 Å². The Morgan fingerprint density at radius 1 is 1.14 bits per heavy atom. The number of hydrogen-bond acceptors (Lipinski definition) is 4. The van der Waals surface area contributed by atoms with E-state index in [1.165, 1.54) is 4.90 Å². The van der Waals surface area contributed by atoms with Crippen molar-refractivity contribution < 1.29 is 14.3 Å². The number of ether oxygens (including phenoxy) is 1.